The van der Waals surface area contributed by atoms with Crippen molar-refractivity contribution in [1.29, 1.82) is 0 Å². The van der Waals surface area contributed by atoms with Gasteiger partial charge in [-0.05, 0) is 12.8 Å². The van der Waals surface area contributed by atoms with E-state index in [0.29, 0.717) is 0 Å². The SMILES string of the molecule is C.C.C.C.C.OCC1OC(CCC2OC(OC3C(O)C(O)OC(CO)C3O)C(O)C(OC3OC(CO)C(O)C(O)C3O)C2O)C(O)C(O)C1O. The molecule has 0 amide bonds. The Balaban J connectivity index is 0. The van der Waals surface area contributed by atoms with E-state index in [1.165, 1.54) is 0 Å². The van der Waals surface area contributed by atoms with E-state index in [4.69, 9.17) is 28.4 Å². The van der Waals surface area contributed by atoms with E-state index in [-0.39, 0.29) is 50.0 Å². The maximum atomic E-state index is 11.2. The van der Waals surface area contributed by atoms with Crippen LogP contribution >= 0.6 is 0 Å². The standard InChI is InChI=1S/C25H44O20.5CH4/c26-3-8-12(30)16(34)11(29)6(40-8)1-2-7-14(32)22(45-24-18(36)17(35)13(31)9(4-27)43-24)20(38)25(42-7)44-21-15(33)10(5-28)41-23(39)19(21)37;;;;;/h6-39H,1-5H2;5*1H4. The Bertz CT molecular complexity index is 918. The van der Waals surface area contributed by atoms with Crippen LogP contribution in [-0.4, -0.2) is 214 Å². The van der Waals surface area contributed by atoms with Gasteiger partial charge in [-0.25, -0.2) is 0 Å². The molecule has 20 nitrogen and oxygen atoms in total. The van der Waals surface area contributed by atoms with Crippen LogP contribution < -0.4 is 0 Å². The van der Waals surface area contributed by atoms with Crippen molar-refractivity contribution < 1.29 is 99.9 Å². The molecule has 20 unspecified atom stereocenters. The number of rotatable bonds is 10. The summed E-state index contributed by atoms with van der Waals surface area (Å²) in [5, 5.41) is 143. The molecule has 304 valence electrons. The normalized spacial score (nSPS) is 47.6. The van der Waals surface area contributed by atoms with Crippen LogP contribution in [-0.2, 0) is 28.4 Å². The second kappa shape index (κ2) is 21.8. The van der Waals surface area contributed by atoms with E-state index in [1.807, 2.05) is 0 Å². The number of hydrogen-bond donors (Lipinski definition) is 14. The minimum atomic E-state index is -2.01. The molecular formula is C30H64O20. The first kappa shape index (κ1) is 51.3. The fraction of sp³-hybridized carbons (Fsp3) is 1.00. The van der Waals surface area contributed by atoms with Crippen LogP contribution in [0.2, 0.25) is 0 Å². The minimum absolute atomic E-state index is 0. The predicted molar refractivity (Wildman–Crippen MR) is 171 cm³/mol. The van der Waals surface area contributed by atoms with Gasteiger partial charge in [0.2, 0.25) is 0 Å². The van der Waals surface area contributed by atoms with Crippen molar-refractivity contribution in [3.8, 4) is 0 Å². The Morgan fingerprint density at radius 3 is 1.18 bits per heavy atom. The highest BCUT2D eigenvalue weighted by Gasteiger charge is 2.54. The summed E-state index contributed by atoms with van der Waals surface area (Å²) in [5.41, 5.74) is 0. The average Bonchev–Trinajstić information content (AvgIpc) is 3.02. The van der Waals surface area contributed by atoms with E-state index in [1.54, 1.807) is 0 Å². The third-order valence-corrected chi connectivity index (χ3v) is 8.64. The van der Waals surface area contributed by atoms with Crippen molar-refractivity contribution in [2.75, 3.05) is 19.8 Å². The molecule has 0 aliphatic carbocycles. The monoisotopic (exact) mass is 744 g/mol. The molecule has 0 radical (unpaired) electrons. The zero-order valence-electron chi connectivity index (χ0n) is 23.8. The highest BCUT2D eigenvalue weighted by atomic mass is 16.7. The van der Waals surface area contributed by atoms with Gasteiger partial charge in [-0.15, -0.1) is 0 Å². The molecule has 4 heterocycles. The van der Waals surface area contributed by atoms with Crippen molar-refractivity contribution in [2.45, 2.75) is 173 Å². The molecule has 20 atom stereocenters. The summed E-state index contributed by atoms with van der Waals surface area (Å²) in [5.74, 6) is 0. The number of hydrogen-bond acceptors (Lipinski definition) is 20. The molecule has 20 heteroatoms. The lowest BCUT2D eigenvalue weighted by Gasteiger charge is -2.48. The fourth-order valence-corrected chi connectivity index (χ4v) is 5.88. The Kier molecular flexibility index (Phi) is 22.4. The summed E-state index contributed by atoms with van der Waals surface area (Å²) in [6, 6.07) is 0. The Hall–Kier alpha value is -0.800. The van der Waals surface area contributed by atoms with E-state index < -0.39 is 142 Å². The Morgan fingerprint density at radius 1 is 0.340 bits per heavy atom. The summed E-state index contributed by atoms with van der Waals surface area (Å²) < 4.78 is 32.7. The van der Waals surface area contributed by atoms with Crippen LogP contribution in [0.15, 0.2) is 0 Å². The summed E-state index contributed by atoms with van der Waals surface area (Å²) in [6.07, 6.45) is -34.4. The first-order valence-corrected chi connectivity index (χ1v) is 14.5. The van der Waals surface area contributed by atoms with Gasteiger partial charge in [0.05, 0.1) is 32.0 Å². The molecule has 4 fully saturated rings. The minimum Gasteiger partial charge on any atom is -0.394 e. The lowest BCUT2D eigenvalue weighted by atomic mass is 9.89. The van der Waals surface area contributed by atoms with Crippen molar-refractivity contribution in [2.24, 2.45) is 0 Å². The molecule has 0 saturated carbocycles. The van der Waals surface area contributed by atoms with Gasteiger partial charge in [0.1, 0.15) is 91.6 Å². The van der Waals surface area contributed by atoms with Gasteiger partial charge >= 0.3 is 0 Å². The first-order valence-electron chi connectivity index (χ1n) is 14.5. The molecule has 50 heavy (non-hydrogen) atoms. The van der Waals surface area contributed by atoms with Gasteiger partial charge in [0.25, 0.3) is 0 Å². The predicted octanol–water partition coefficient (Wildman–Crippen LogP) is -5.76. The van der Waals surface area contributed by atoms with E-state index in [9.17, 15) is 71.5 Å². The molecular weight excluding hydrogens is 680 g/mol. The summed E-state index contributed by atoms with van der Waals surface area (Å²) in [6.45, 7) is -2.31. The fourth-order valence-electron chi connectivity index (χ4n) is 5.88. The molecule has 0 aromatic rings. The molecule has 4 saturated heterocycles. The maximum Gasteiger partial charge on any atom is 0.187 e. The molecule has 0 aromatic heterocycles. The smallest absolute Gasteiger partial charge is 0.187 e. The van der Waals surface area contributed by atoms with Gasteiger partial charge in [-0.3, -0.25) is 0 Å². The summed E-state index contributed by atoms with van der Waals surface area (Å²) >= 11 is 0. The van der Waals surface area contributed by atoms with Crippen LogP contribution in [0.1, 0.15) is 50.0 Å². The topological polar surface area (TPSA) is 339 Å². The highest BCUT2D eigenvalue weighted by molar-refractivity contribution is 4.98. The van der Waals surface area contributed by atoms with Gasteiger partial charge in [0.15, 0.2) is 18.9 Å². The number of aliphatic hydroxyl groups excluding tert-OH is 14. The van der Waals surface area contributed by atoms with Crippen molar-refractivity contribution in [3.05, 3.63) is 0 Å². The number of aliphatic hydroxyl groups is 14. The van der Waals surface area contributed by atoms with Gasteiger partial charge < -0.3 is 99.9 Å². The first-order chi connectivity index (χ1) is 21.2. The van der Waals surface area contributed by atoms with E-state index in [0.717, 1.165) is 0 Å². The molecule has 0 spiro atoms. The van der Waals surface area contributed by atoms with Crippen LogP contribution in [0.4, 0.5) is 0 Å². The molecule has 4 aliphatic heterocycles. The zero-order chi connectivity index (χ0) is 33.3. The van der Waals surface area contributed by atoms with E-state index in [2.05, 4.69) is 0 Å². The molecule has 4 rings (SSSR count). The van der Waals surface area contributed by atoms with Crippen LogP contribution in [0, 0.1) is 0 Å². The quantitative estimate of drug-likeness (QED) is 0.0990. The highest BCUT2D eigenvalue weighted by Crippen LogP contribution is 2.34. The molecule has 0 aromatic carbocycles. The van der Waals surface area contributed by atoms with E-state index >= 15 is 0 Å². The summed E-state index contributed by atoms with van der Waals surface area (Å²) in [4.78, 5) is 0. The van der Waals surface area contributed by atoms with Gasteiger partial charge in [-0.1, -0.05) is 37.1 Å². The Morgan fingerprint density at radius 2 is 0.680 bits per heavy atom. The largest absolute Gasteiger partial charge is 0.394 e. The lowest BCUT2D eigenvalue weighted by Crippen LogP contribution is -2.66. The second-order valence-corrected chi connectivity index (χ2v) is 11.6. The zero-order valence-corrected chi connectivity index (χ0v) is 23.8. The van der Waals surface area contributed by atoms with Gasteiger partial charge in [-0.2, -0.15) is 0 Å². The molecule has 0 bridgehead atoms. The van der Waals surface area contributed by atoms with Crippen molar-refractivity contribution >= 4 is 0 Å². The third kappa shape index (κ3) is 10.4. The Labute approximate surface area is 292 Å². The third-order valence-electron chi connectivity index (χ3n) is 8.64. The van der Waals surface area contributed by atoms with Crippen LogP contribution in [0.5, 0.6) is 0 Å². The maximum absolute atomic E-state index is 11.2. The van der Waals surface area contributed by atoms with Crippen LogP contribution in [0.25, 0.3) is 0 Å². The average molecular weight is 745 g/mol. The van der Waals surface area contributed by atoms with Crippen molar-refractivity contribution in [3.63, 3.8) is 0 Å². The second-order valence-electron chi connectivity index (χ2n) is 11.6. The number of ether oxygens (including phenoxy) is 6. The lowest BCUT2D eigenvalue weighted by molar-refractivity contribution is -0.378. The van der Waals surface area contributed by atoms with Crippen LogP contribution in [0.3, 0.4) is 0 Å². The molecule has 14 N–H and O–H groups in total. The summed E-state index contributed by atoms with van der Waals surface area (Å²) in [7, 11) is 0. The van der Waals surface area contributed by atoms with Crippen molar-refractivity contribution in [1.82, 2.24) is 0 Å². The van der Waals surface area contributed by atoms with Gasteiger partial charge in [0, 0.05) is 0 Å². The molecule has 4 aliphatic rings.